The Labute approximate surface area is 112 Å². The molecule has 0 spiro atoms. The highest BCUT2D eigenvalue weighted by molar-refractivity contribution is 5.02. The molecule has 0 radical (unpaired) electrons. The minimum absolute atomic E-state index is 0.0174. The summed E-state index contributed by atoms with van der Waals surface area (Å²) >= 11 is 0. The number of hydrogen-bond donors (Lipinski definition) is 2. The van der Waals surface area contributed by atoms with Gasteiger partial charge in [0.25, 0.3) is 0 Å². The van der Waals surface area contributed by atoms with Gasteiger partial charge in [0.15, 0.2) is 0 Å². The van der Waals surface area contributed by atoms with Crippen LogP contribution in [0.2, 0.25) is 0 Å². The molecule has 2 heteroatoms. The van der Waals surface area contributed by atoms with Gasteiger partial charge in [-0.2, -0.15) is 0 Å². The zero-order chi connectivity index (χ0) is 13.2. The molecule has 2 saturated carbocycles. The van der Waals surface area contributed by atoms with E-state index in [2.05, 4.69) is 13.8 Å². The zero-order valence-electron chi connectivity index (χ0n) is 12.3. The van der Waals surface area contributed by atoms with Crippen molar-refractivity contribution in [2.45, 2.75) is 77.2 Å². The molecule has 0 bridgehead atoms. The van der Waals surface area contributed by atoms with Crippen molar-refractivity contribution in [3.8, 4) is 0 Å². The molecular weight excluding hydrogens is 222 g/mol. The smallest absolute Gasteiger partial charge is 0.0715 e. The highest BCUT2D eigenvalue weighted by Crippen LogP contribution is 2.51. The van der Waals surface area contributed by atoms with Gasteiger partial charge in [0.05, 0.1) is 5.60 Å². The largest absolute Gasteiger partial charge is 0.389 e. The Morgan fingerprint density at radius 3 is 2.11 bits per heavy atom. The SMILES string of the molecule is CC1CCCC(O)(C2(CN)CCC(C)CC2)CC1. The van der Waals surface area contributed by atoms with E-state index in [9.17, 15) is 5.11 Å². The Bertz CT molecular complexity index is 270. The lowest BCUT2D eigenvalue weighted by atomic mass is 9.59. The molecule has 0 aliphatic heterocycles. The summed E-state index contributed by atoms with van der Waals surface area (Å²) in [5, 5.41) is 11.3. The Hall–Kier alpha value is -0.0800. The van der Waals surface area contributed by atoms with Crippen LogP contribution in [0.4, 0.5) is 0 Å². The van der Waals surface area contributed by atoms with Crippen molar-refractivity contribution in [2.24, 2.45) is 23.0 Å². The number of nitrogens with two attached hydrogens (primary N) is 1. The topological polar surface area (TPSA) is 46.2 Å². The molecule has 2 aliphatic rings. The molecule has 2 rings (SSSR count). The zero-order valence-corrected chi connectivity index (χ0v) is 12.3. The van der Waals surface area contributed by atoms with E-state index in [0.29, 0.717) is 6.54 Å². The minimum atomic E-state index is -0.480. The average Bonchev–Trinajstić information content (AvgIpc) is 2.54. The van der Waals surface area contributed by atoms with Gasteiger partial charge < -0.3 is 10.8 Å². The normalized spacial score (nSPS) is 46.7. The first-order chi connectivity index (χ1) is 8.51. The second kappa shape index (κ2) is 5.50. The van der Waals surface area contributed by atoms with Crippen LogP contribution in [-0.4, -0.2) is 17.3 Å². The lowest BCUT2D eigenvalue weighted by Gasteiger charge is -2.50. The minimum Gasteiger partial charge on any atom is -0.389 e. The first-order valence-corrected chi connectivity index (χ1v) is 7.94. The van der Waals surface area contributed by atoms with E-state index in [-0.39, 0.29) is 5.41 Å². The molecule has 2 fully saturated rings. The van der Waals surface area contributed by atoms with Gasteiger partial charge in [-0.15, -0.1) is 0 Å². The third kappa shape index (κ3) is 2.60. The molecule has 2 atom stereocenters. The lowest BCUT2D eigenvalue weighted by Crippen LogP contribution is -2.54. The van der Waals surface area contributed by atoms with E-state index in [4.69, 9.17) is 5.73 Å². The Kier molecular flexibility index (Phi) is 4.38. The molecule has 2 unspecified atom stereocenters. The monoisotopic (exact) mass is 253 g/mol. The molecule has 2 aliphatic carbocycles. The van der Waals surface area contributed by atoms with Gasteiger partial charge in [-0.05, 0) is 43.9 Å². The van der Waals surface area contributed by atoms with Crippen LogP contribution < -0.4 is 5.73 Å². The number of hydrogen-bond acceptors (Lipinski definition) is 2. The summed E-state index contributed by atoms with van der Waals surface area (Å²) in [5.74, 6) is 1.59. The predicted molar refractivity (Wildman–Crippen MR) is 76.3 cm³/mol. The fraction of sp³-hybridized carbons (Fsp3) is 1.00. The average molecular weight is 253 g/mol. The van der Waals surface area contributed by atoms with Crippen molar-refractivity contribution in [3.63, 3.8) is 0 Å². The van der Waals surface area contributed by atoms with E-state index in [1.165, 1.54) is 32.1 Å². The fourth-order valence-corrected chi connectivity index (χ4v) is 4.20. The second-order valence-corrected chi connectivity index (χ2v) is 7.23. The lowest BCUT2D eigenvalue weighted by molar-refractivity contribution is -0.114. The van der Waals surface area contributed by atoms with Crippen LogP contribution in [0.15, 0.2) is 0 Å². The van der Waals surface area contributed by atoms with Crippen LogP contribution >= 0.6 is 0 Å². The quantitative estimate of drug-likeness (QED) is 0.740. The van der Waals surface area contributed by atoms with Crippen molar-refractivity contribution < 1.29 is 5.11 Å². The van der Waals surface area contributed by atoms with Crippen molar-refractivity contribution in [1.82, 2.24) is 0 Å². The van der Waals surface area contributed by atoms with Crippen LogP contribution in [-0.2, 0) is 0 Å². The van der Waals surface area contributed by atoms with Crippen molar-refractivity contribution in [3.05, 3.63) is 0 Å². The Balaban J connectivity index is 2.14. The maximum atomic E-state index is 11.3. The molecule has 0 aromatic carbocycles. The molecule has 0 amide bonds. The van der Waals surface area contributed by atoms with Gasteiger partial charge in [0.1, 0.15) is 0 Å². The van der Waals surface area contributed by atoms with E-state index < -0.39 is 5.60 Å². The molecular formula is C16H31NO. The third-order valence-corrected chi connectivity index (χ3v) is 5.95. The van der Waals surface area contributed by atoms with Crippen LogP contribution in [0.3, 0.4) is 0 Å². The first kappa shape index (κ1) is 14.3. The molecule has 0 heterocycles. The predicted octanol–water partition coefficient (Wildman–Crippen LogP) is 3.47. The highest BCUT2D eigenvalue weighted by atomic mass is 16.3. The van der Waals surface area contributed by atoms with Gasteiger partial charge in [0.2, 0.25) is 0 Å². The van der Waals surface area contributed by atoms with Gasteiger partial charge in [0, 0.05) is 12.0 Å². The van der Waals surface area contributed by atoms with Gasteiger partial charge >= 0.3 is 0 Å². The van der Waals surface area contributed by atoms with E-state index in [1.54, 1.807) is 0 Å². The molecule has 0 aromatic rings. The number of aliphatic hydroxyl groups is 1. The maximum absolute atomic E-state index is 11.3. The van der Waals surface area contributed by atoms with Crippen molar-refractivity contribution >= 4 is 0 Å². The van der Waals surface area contributed by atoms with Gasteiger partial charge in [-0.3, -0.25) is 0 Å². The van der Waals surface area contributed by atoms with E-state index in [1.807, 2.05) is 0 Å². The van der Waals surface area contributed by atoms with Crippen LogP contribution in [0.5, 0.6) is 0 Å². The summed E-state index contributed by atoms with van der Waals surface area (Å²) in [7, 11) is 0. The summed E-state index contributed by atoms with van der Waals surface area (Å²) in [6.07, 6.45) is 10.3. The summed E-state index contributed by atoms with van der Waals surface area (Å²) in [6, 6.07) is 0. The molecule has 3 N–H and O–H groups in total. The summed E-state index contributed by atoms with van der Waals surface area (Å²) < 4.78 is 0. The standard InChI is InChI=1S/C16H31NO/c1-13-4-3-8-16(18,11-7-13)15(12-17)9-5-14(2)6-10-15/h13-14,18H,3-12,17H2,1-2H3. The van der Waals surface area contributed by atoms with Crippen molar-refractivity contribution in [2.75, 3.05) is 6.54 Å². The summed E-state index contributed by atoms with van der Waals surface area (Å²) in [6.45, 7) is 5.33. The first-order valence-electron chi connectivity index (χ1n) is 7.94. The van der Waals surface area contributed by atoms with E-state index >= 15 is 0 Å². The fourth-order valence-electron chi connectivity index (χ4n) is 4.20. The molecule has 18 heavy (non-hydrogen) atoms. The maximum Gasteiger partial charge on any atom is 0.0715 e. The highest BCUT2D eigenvalue weighted by Gasteiger charge is 2.50. The van der Waals surface area contributed by atoms with Crippen LogP contribution in [0, 0.1) is 17.3 Å². The van der Waals surface area contributed by atoms with Gasteiger partial charge in [-0.1, -0.05) is 39.5 Å². The summed E-state index contributed by atoms with van der Waals surface area (Å²) in [4.78, 5) is 0. The van der Waals surface area contributed by atoms with Crippen LogP contribution in [0.25, 0.3) is 0 Å². The second-order valence-electron chi connectivity index (χ2n) is 7.23. The Morgan fingerprint density at radius 2 is 1.50 bits per heavy atom. The van der Waals surface area contributed by atoms with Crippen molar-refractivity contribution in [1.29, 1.82) is 0 Å². The Morgan fingerprint density at radius 1 is 0.944 bits per heavy atom. The van der Waals surface area contributed by atoms with E-state index in [0.717, 1.165) is 37.5 Å². The summed E-state index contributed by atoms with van der Waals surface area (Å²) in [5.41, 5.74) is 5.66. The molecule has 0 aromatic heterocycles. The number of rotatable bonds is 2. The van der Waals surface area contributed by atoms with Crippen LogP contribution in [0.1, 0.15) is 71.6 Å². The third-order valence-electron chi connectivity index (χ3n) is 5.95. The molecule has 0 saturated heterocycles. The van der Waals surface area contributed by atoms with Gasteiger partial charge in [-0.25, -0.2) is 0 Å². The molecule has 2 nitrogen and oxygen atoms in total. The molecule has 106 valence electrons.